The van der Waals surface area contributed by atoms with Crippen LogP contribution in [0.2, 0.25) is 0 Å². The molecule has 2 N–H and O–H groups in total. The lowest BCUT2D eigenvalue weighted by molar-refractivity contribution is -0.127. The Balaban J connectivity index is 1.78. The Morgan fingerprint density at radius 2 is 1.94 bits per heavy atom. The van der Waals surface area contributed by atoms with Crippen molar-refractivity contribution in [1.82, 2.24) is 10.6 Å². The molecular formula is C12H21FN2O. The zero-order valence-corrected chi connectivity index (χ0v) is 9.68. The maximum atomic E-state index is 11.9. The Morgan fingerprint density at radius 1 is 1.25 bits per heavy atom. The van der Waals surface area contributed by atoms with Crippen molar-refractivity contribution in [3.05, 3.63) is 0 Å². The first-order valence-electron chi connectivity index (χ1n) is 6.34. The van der Waals surface area contributed by atoms with Gasteiger partial charge >= 0.3 is 0 Å². The van der Waals surface area contributed by atoms with E-state index in [0.29, 0.717) is 24.8 Å². The highest BCUT2D eigenvalue weighted by molar-refractivity contribution is 5.78. The summed E-state index contributed by atoms with van der Waals surface area (Å²) in [6, 6.07) is 0. The van der Waals surface area contributed by atoms with Crippen molar-refractivity contribution in [2.45, 2.75) is 25.7 Å². The molecule has 1 heterocycles. The zero-order chi connectivity index (χ0) is 11.4. The Labute approximate surface area is 96.2 Å². The number of nitrogens with one attached hydrogen (secondary N) is 2. The van der Waals surface area contributed by atoms with Crippen molar-refractivity contribution in [2.75, 3.05) is 26.3 Å². The number of alkyl halides is 1. The van der Waals surface area contributed by atoms with Crippen LogP contribution in [0.1, 0.15) is 25.7 Å². The molecule has 1 saturated carbocycles. The monoisotopic (exact) mass is 228 g/mol. The van der Waals surface area contributed by atoms with E-state index in [1.54, 1.807) is 0 Å². The molecule has 2 rings (SSSR count). The molecule has 1 amide bonds. The van der Waals surface area contributed by atoms with Crippen LogP contribution in [0, 0.1) is 17.8 Å². The van der Waals surface area contributed by atoms with E-state index in [-0.39, 0.29) is 18.5 Å². The fraction of sp³-hybridized carbons (Fsp3) is 0.917. The third-order valence-corrected chi connectivity index (χ3v) is 3.75. The lowest BCUT2D eigenvalue weighted by Gasteiger charge is -2.38. The number of hydrogen-bond donors (Lipinski definition) is 2. The molecule has 0 aromatic carbocycles. The van der Waals surface area contributed by atoms with Gasteiger partial charge in [0, 0.05) is 12.5 Å². The number of amides is 1. The number of piperidine rings is 1. The minimum Gasteiger partial charge on any atom is -0.356 e. The van der Waals surface area contributed by atoms with E-state index in [1.165, 1.54) is 6.42 Å². The van der Waals surface area contributed by atoms with Crippen LogP contribution in [0.25, 0.3) is 0 Å². The number of rotatable bonds is 4. The van der Waals surface area contributed by atoms with E-state index in [9.17, 15) is 9.18 Å². The second kappa shape index (κ2) is 5.62. The van der Waals surface area contributed by atoms with Gasteiger partial charge in [-0.3, -0.25) is 9.18 Å². The maximum absolute atomic E-state index is 11.9. The van der Waals surface area contributed by atoms with Gasteiger partial charge in [-0.2, -0.15) is 0 Å². The maximum Gasteiger partial charge on any atom is 0.223 e. The summed E-state index contributed by atoms with van der Waals surface area (Å²) in [5, 5.41) is 6.26. The summed E-state index contributed by atoms with van der Waals surface area (Å²) in [6.45, 7) is 2.26. The topological polar surface area (TPSA) is 41.1 Å². The van der Waals surface area contributed by atoms with Gasteiger partial charge in [-0.05, 0) is 50.6 Å². The quantitative estimate of drug-likeness (QED) is 0.707. The summed E-state index contributed by atoms with van der Waals surface area (Å²) in [7, 11) is 0. The lowest BCUT2D eigenvalue weighted by Crippen LogP contribution is -2.45. The van der Waals surface area contributed by atoms with Crippen LogP contribution >= 0.6 is 0 Å². The van der Waals surface area contributed by atoms with Crippen molar-refractivity contribution >= 4 is 5.91 Å². The zero-order valence-electron chi connectivity index (χ0n) is 9.68. The van der Waals surface area contributed by atoms with E-state index in [0.717, 1.165) is 25.9 Å². The highest BCUT2D eigenvalue weighted by atomic mass is 19.1. The van der Waals surface area contributed by atoms with E-state index in [1.807, 2.05) is 0 Å². The number of carbonyl (C=O) groups is 1. The molecule has 1 aliphatic heterocycles. The SMILES string of the molecule is O=C(NCCCF)C1CC2CNCC(C2)C1. The van der Waals surface area contributed by atoms with Gasteiger partial charge in [0.2, 0.25) is 5.91 Å². The molecule has 1 aliphatic carbocycles. The molecule has 2 atom stereocenters. The van der Waals surface area contributed by atoms with Crippen LogP contribution in [-0.2, 0) is 4.79 Å². The fourth-order valence-electron chi connectivity index (χ4n) is 3.03. The van der Waals surface area contributed by atoms with E-state index < -0.39 is 0 Å². The Morgan fingerprint density at radius 3 is 2.56 bits per heavy atom. The molecule has 2 fully saturated rings. The van der Waals surface area contributed by atoms with Crippen LogP contribution in [0.5, 0.6) is 0 Å². The normalized spacial score (nSPS) is 33.4. The summed E-state index contributed by atoms with van der Waals surface area (Å²) in [5.41, 5.74) is 0. The Kier molecular flexibility index (Phi) is 4.16. The molecule has 2 unspecified atom stereocenters. The standard InChI is InChI=1S/C12H21FN2O/c13-2-1-3-15-12(16)11-5-9-4-10(6-11)8-14-7-9/h9-11,14H,1-8H2,(H,15,16). The Hall–Kier alpha value is -0.640. The van der Waals surface area contributed by atoms with Crippen LogP contribution in [0.3, 0.4) is 0 Å². The molecule has 0 aromatic heterocycles. The predicted molar refractivity (Wildman–Crippen MR) is 60.8 cm³/mol. The van der Waals surface area contributed by atoms with E-state index in [4.69, 9.17) is 0 Å². The van der Waals surface area contributed by atoms with Gasteiger partial charge in [0.25, 0.3) is 0 Å². The van der Waals surface area contributed by atoms with Gasteiger partial charge in [-0.15, -0.1) is 0 Å². The largest absolute Gasteiger partial charge is 0.356 e. The average molecular weight is 228 g/mol. The first-order chi connectivity index (χ1) is 7.79. The highest BCUT2D eigenvalue weighted by Gasteiger charge is 2.34. The van der Waals surface area contributed by atoms with Crippen molar-refractivity contribution in [3.8, 4) is 0 Å². The summed E-state index contributed by atoms with van der Waals surface area (Å²) in [6.07, 6.45) is 3.73. The minimum atomic E-state index is -0.347. The Bertz CT molecular complexity index is 235. The second-order valence-electron chi connectivity index (χ2n) is 5.13. The molecule has 3 nitrogen and oxygen atoms in total. The van der Waals surface area contributed by atoms with Crippen molar-refractivity contribution in [1.29, 1.82) is 0 Å². The lowest BCUT2D eigenvalue weighted by atomic mass is 9.73. The van der Waals surface area contributed by atoms with Crippen LogP contribution < -0.4 is 10.6 Å². The van der Waals surface area contributed by atoms with Crippen LogP contribution in [0.15, 0.2) is 0 Å². The third kappa shape index (κ3) is 2.94. The minimum absolute atomic E-state index is 0.144. The number of halogens is 1. The van der Waals surface area contributed by atoms with Crippen molar-refractivity contribution < 1.29 is 9.18 Å². The fourth-order valence-corrected chi connectivity index (χ4v) is 3.03. The molecule has 0 spiro atoms. The molecule has 2 bridgehead atoms. The number of carbonyl (C=O) groups excluding carboxylic acids is 1. The number of fused-ring (bicyclic) bond motifs is 2. The summed E-state index contributed by atoms with van der Waals surface area (Å²) < 4.78 is 11.9. The van der Waals surface area contributed by atoms with Crippen LogP contribution in [0.4, 0.5) is 4.39 Å². The summed E-state index contributed by atoms with van der Waals surface area (Å²) in [4.78, 5) is 11.9. The van der Waals surface area contributed by atoms with Gasteiger partial charge in [0.05, 0.1) is 6.67 Å². The molecular weight excluding hydrogens is 207 g/mol. The first-order valence-corrected chi connectivity index (χ1v) is 6.34. The summed E-state index contributed by atoms with van der Waals surface area (Å²) >= 11 is 0. The smallest absolute Gasteiger partial charge is 0.223 e. The van der Waals surface area contributed by atoms with Crippen molar-refractivity contribution in [2.24, 2.45) is 17.8 Å². The van der Waals surface area contributed by atoms with E-state index >= 15 is 0 Å². The van der Waals surface area contributed by atoms with Gasteiger partial charge in [0.1, 0.15) is 0 Å². The highest BCUT2D eigenvalue weighted by Crippen LogP contribution is 2.35. The second-order valence-corrected chi connectivity index (χ2v) is 5.13. The van der Waals surface area contributed by atoms with Gasteiger partial charge in [-0.1, -0.05) is 0 Å². The molecule has 2 aliphatic rings. The molecule has 16 heavy (non-hydrogen) atoms. The van der Waals surface area contributed by atoms with Gasteiger partial charge < -0.3 is 10.6 Å². The summed E-state index contributed by atoms with van der Waals surface area (Å²) in [5.74, 6) is 1.66. The van der Waals surface area contributed by atoms with E-state index in [2.05, 4.69) is 10.6 Å². The van der Waals surface area contributed by atoms with Crippen molar-refractivity contribution in [3.63, 3.8) is 0 Å². The molecule has 4 heteroatoms. The average Bonchev–Trinajstić information content (AvgIpc) is 2.28. The first kappa shape index (κ1) is 11.8. The molecule has 0 radical (unpaired) electrons. The molecule has 92 valence electrons. The van der Waals surface area contributed by atoms with Gasteiger partial charge in [-0.25, -0.2) is 0 Å². The van der Waals surface area contributed by atoms with Crippen LogP contribution in [-0.4, -0.2) is 32.2 Å². The number of hydrogen-bond acceptors (Lipinski definition) is 2. The molecule has 1 saturated heterocycles. The third-order valence-electron chi connectivity index (χ3n) is 3.75. The predicted octanol–water partition coefficient (Wildman–Crippen LogP) is 1.10. The molecule has 0 aromatic rings. The van der Waals surface area contributed by atoms with Gasteiger partial charge in [0.15, 0.2) is 0 Å².